The van der Waals surface area contributed by atoms with Crippen molar-refractivity contribution in [3.63, 3.8) is 0 Å². The van der Waals surface area contributed by atoms with Crippen molar-refractivity contribution in [1.29, 1.82) is 0 Å². The van der Waals surface area contributed by atoms with E-state index in [1.165, 1.54) is 5.56 Å². The van der Waals surface area contributed by atoms with Crippen molar-refractivity contribution in [2.45, 2.75) is 27.7 Å². The number of hydrogen-bond acceptors (Lipinski definition) is 2. The lowest BCUT2D eigenvalue weighted by atomic mass is 9.93. The number of benzene rings is 1. The van der Waals surface area contributed by atoms with Crippen LogP contribution >= 0.6 is 0 Å². The van der Waals surface area contributed by atoms with Crippen LogP contribution in [0.15, 0.2) is 18.2 Å². The first-order chi connectivity index (χ1) is 9.75. The lowest BCUT2D eigenvalue weighted by Crippen LogP contribution is -2.39. The van der Waals surface area contributed by atoms with E-state index in [9.17, 15) is 4.79 Å². The first-order valence-electron chi connectivity index (χ1n) is 7.29. The molecule has 0 saturated carbocycles. The first kappa shape index (κ1) is 15.6. The molecular formula is C17H25N3O. The average Bonchev–Trinajstić information content (AvgIpc) is 2.72. The maximum absolute atomic E-state index is 12.6. The van der Waals surface area contributed by atoms with E-state index in [0.29, 0.717) is 13.1 Å². The molecule has 0 aliphatic heterocycles. The van der Waals surface area contributed by atoms with E-state index in [4.69, 9.17) is 5.73 Å². The normalized spacial score (nSPS) is 11.9. The Bertz CT molecular complexity index is 670. The molecule has 1 aromatic heterocycles. The molecule has 2 rings (SSSR count). The second-order valence-electron chi connectivity index (χ2n) is 6.66. The molecule has 0 bridgehead atoms. The van der Waals surface area contributed by atoms with Gasteiger partial charge in [-0.25, -0.2) is 0 Å². The van der Waals surface area contributed by atoms with Crippen LogP contribution in [-0.4, -0.2) is 35.9 Å². The number of aromatic amines is 1. The first-order valence-corrected chi connectivity index (χ1v) is 7.29. The van der Waals surface area contributed by atoms with Crippen molar-refractivity contribution in [2.24, 2.45) is 11.1 Å². The van der Waals surface area contributed by atoms with Gasteiger partial charge in [-0.3, -0.25) is 4.79 Å². The smallest absolute Gasteiger partial charge is 0.253 e. The summed E-state index contributed by atoms with van der Waals surface area (Å²) >= 11 is 0. The van der Waals surface area contributed by atoms with Crippen LogP contribution in [0, 0.1) is 19.3 Å². The van der Waals surface area contributed by atoms with Gasteiger partial charge in [-0.1, -0.05) is 13.8 Å². The van der Waals surface area contributed by atoms with Gasteiger partial charge >= 0.3 is 0 Å². The number of nitrogens with two attached hydrogens (primary N) is 1. The summed E-state index contributed by atoms with van der Waals surface area (Å²) in [6, 6.07) is 5.83. The highest BCUT2D eigenvalue weighted by Gasteiger charge is 2.22. The van der Waals surface area contributed by atoms with Gasteiger partial charge < -0.3 is 15.6 Å². The third-order valence-electron chi connectivity index (χ3n) is 4.12. The van der Waals surface area contributed by atoms with Crippen LogP contribution in [0.4, 0.5) is 0 Å². The van der Waals surface area contributed by atoms with Gasteiger partial charge in [-0.05, 0) is 49.6 Å². The molecule has 1 amide bonds. The van der Waals surface area contributed by atoms with Crippen LogP contribution in [0.3, 0.4) is 0 Å². The quantitative estimate of drug-likeness (QED) is 0.908. The summed E-state index contributed by atoms with van der Waals surface area (Å²) in [6.45, 7) is 9.46. The predicted octanol–water partition coefficient (Wildman–Crippen LogP) is 2.84. The van der Waals surface area contributed by atoms with Crippen molar-refractivity contribution in [1.82, 2.24) is 9.88 Å². The minimum atomic E-state index is -0.0743. The number of rotatable bonds is 4. The Morgan fingerprint density at radius 3 is 2.62 bits per heavy atom. The van der Waals surface area contributed by atoms with E-state index in [0.717, 1.165) is 22.2 Å². The number of aryl methyl sites for hydroxylation is 2. The lowest BCUT2D eigenvalue weighted by molar-refractivity contribution is 0.0741. The fraction of sp³-hybridized carbons (Fsp3) is 0.471. The zero-order valence-electron chi connectivity index (χ0n) is 13.6. The molecule has 4 nitrogen and oxygen atoms in total. The number of nitrogens with zero attached hydrogens (tertiary/aromatic N) is 1. The van der Waals surface area contributed by atoms with E-state index < -0.39 is 0 Å². The predicted molar refractivity (Wildman–Crippen MR) is 87.6 cm³/mol. The highest BCUT2D eigenvalue weighted by molar-refractivity contribution is 5.98. The van der Waals surface area contributed by atoms with Crippen LogP contribution in [-0.2, 0) is 0 Å². The highest BCUT2D eigenvalue weighted by Crippen LogP contribution is 2.23. The summed E-state index contributed by atoms with van der Waals surface area (Å²) in [5.41, 5.74) is 9.82. The molecule has 0 atom stereocenters. The number of fused-ring (bicyclic) bond motifs is 1. The maximum Gasteiger partial charge on any atom is 0.253 e. The Hall–Kier alpha value is -1.81. The zero-order chi connectivity index (χ0) is 15.8. The molecule has 21 heavy (non-hydrogen) atoms. The van der Waals surface area contributed by atoms with Crippen LogP contribution in [0.2, 0.25) is 0 Å². The maximum atomic E-state index is 12.6. The van der Waals surface area contributed by atoms with Gasteiger partial charge in [0.2, 0.25) is 0 Å². The molecule has 2 aromatic rings. The number of hydrogen-bond donors (Lipinski definition) is 2. The second-order valence-corrected chi connectivity index (χ2v) is 6.66. The lowest BCUT2D eigenvalue weighted by Gasteiger charge is -2.29. The van der Waals surface area contributed by atoms with E-state index in [-0.39, 0.29) is 11.3 Å². The van der Waals surface area contributed by atoms with Crippen molar-refractivity contribution in [3.05, 3.63) is 35.0 Å². The summed E-state index contributed by atoms with van der Waals surface area (Å²) in [5.74, 6) is 0.0386. The van der Waals surface area contributed by atoms with Gasteiger partial charge in [0, 0.05) is 35.8 Å². The molecular weight excluding hydrogens is 262 g/mol. The molecule has 3 N–H and O–H groups in total. The van der Waals surface area contributed by atoms with E-state index >= 15 is 0 Å². The van der Waals surface area contributed by atoms with Crippen molar-refractivity contribution >= 4 is 16.8 Å². The highest BCUT2D eigenvalue weighted by atomic mass is 16.2. The Morgan fingerprint density at radius 2 is 2.00 bits per heavy atom. The van der Waals surface area contributed by atoms with Gasteiger partial charge in [0.05, 0.1) is 0 Å². The summed E-state index contributed by atoms with van der Waals surface area (Å²) in [4.78, 5) is 17.7. The van der Waals surface area contributed by atoms with E-state index in [1.807, 2.05) is 32.2 Å². The second kappa shape index (κ2) is 5.53. The van der Waals surface area contributed by atoms with Crippen LogP contribution in [0.1, 0.15) is 35.5 Å². The Kier molecular flexibility index (Phi) is 4.10. The minimum absolute atomic E-state index is 0.0386. The summed E-state index contributed by atoms with van der Waals surface area (Å²) < 4.78 is 0. The fourth-order valence-electron chi connectivity index (χ4n) is 2.59. The van der Waals surface area contributed by atoms with E-state index in [2.05, 4.69) is 25.8 Å². The van der Waals surface area contributed by atoms with Gasteiger partial charge in [-0.15, -0.1) is 0 Å². The third kappa shape index (κ3) is 3.10. The topological polar surface area (TPSA) is 62.1 Å². The molecule has 0 radical (unpaired) electrons. The molecule has 0 unspecified atom stereocenters. The van der Waals surface area contributed by atoms with Gasteiger partial charge in [0.15, 0.2) is 0 Å². The summed E-state index contributed by atoms with van der Waals surface area (Å²) in [6.07, 6.45) is 0. The third-order valence-corrected chi connectivity index (χ3v) is 4.12. The van der Waals surface area contributed by atoms with Crippen molar-refractivity contribution in [2.75, 3.05) is 20.1 Å². The zero-order valence-corrected chi connectivity index (χ0v) is 13.6. The van der Waals surface area contributed by atoms with Crippen LogP contribution in [0.5, 0.6) is 0 Å². The minimum Gasteiger partial charge on any atom is -0.358 e. The number of H-pyrrole nitrogens is 1. The molecule has 114 valence electrons. The number of carbonyl (C=O) groups excluding carboxylic acids is 1. The van der Waals surface area contributed by atoms with Crippen LogP contribution in [0.25, 0.3) is 10.9 Å². The van der Waals surface area contributed by atoms with Crippen molar-refractivity contribution < 1.29 is 4.79 Å². The van der Waals surface area contributed by atoms with Gasteiger partial charge in [-0.2, -0.15) is 0 Å². The largest absolute Gasteiger partial charge is 0.358 e. The standard InChI is InChI=1S/C17H25N3O/c1-11-12(2)19-15-7-6-13(8-14(11)15)16(21)20(5)10-17(3,4)9-18/h6-8,19H,9-10,18H2,1-5H3. The SMILES string of the molecule is Cc1[nH]c2ccc(C(=O)N(C)CC(C)(C)CN)cc2c1C. The average molecular weight is 287 g/mol. The number of amides is 1. The molecule has 0 saturated heterocycles. The molecule has 1 heterocycles. The van der Waals surface area contributed by atoms with Crippen LogP contribution < -0.4 is 5.73 Å². The molecule has 0 aliphatic carbocycles. The molecule has 1 aromatic carbocycles. The fourth-order valence-corrected chi connectivity index (χ4v) is 2.59. The monoisotopic (exact) mass is 287 g/mol. The van der Waals surface area contributed by atoms with Gasteiger partial charge in [0.25, 0.3) is 5.91 Å². The molecule has 4 heteroatoms. The summed E-state index contributed by atoms with van der Waals surface area (Å²) in [7, 11) is 1.83. The number of carbonyl (C=O) groups is 1. The number of aromatic nitrogens is 1. The Labute approximate surface area is 126 Å². The van der Waals surface area contributed by atoms with E-state index in [1.54, 1.807) is 4.90 Å². The Morgan fingerprint density at radius 1 is 1.33 bits per heavy atom. The summed E-state index contributed by atoms with van der Waals surface area (Å²) in [5, 5.41) is 1.12. The molecule has 0 spiro atoms. The van der Waals surface area contributed by atoms with Crippen molar-refractivity contribution in [3.8, 4) is 0 Å². The molecule has 0 fully saturated rings. The Balaban J connectivity index is 2.29. The number of nitrogens with one attached hydrogen (secondary N) is 1. The molecule has 0 aliphatic rings. The van der Waals surface area contributed by atoms with Gasteiger partial charge in [0.1, 0.15) is 0 Å².